The maximum atomic E-state index is 10.9. The summed E-state index contributed by atoms with van der Waals surface area (Å²) in [5.74, 6) is 0.882. The molecular formula is C12H18N4O. The van der Waals surface area contributed by atoms with Crippen LogP contribution in [0.2, 0.25) is 0 Å². The highest BCUT2D eigenvalue weighted by molar-refractivity contribution is 5.92. The first-order valence-electron chi connectivity index (χ1n) is 5.79. The number of nitrogens with zero attached hydrogens (tertiary/aromatic N) is 1. The molecule has 0 spiro atoms. The van der Waals surface area contributed by atoms with Crippen LogP contribution in [0.25, 0.3) is 0 Å². The fourth-order valence-corrected chi connectivity index (χ4v) is 1.95. The van der Waals surface area contributed by atoms with E-state index in [9.17, 15) is 4.79 Å². The standard InChI is InChI=1S/C12H18N4O/c1-12(7-13,9-3-4-9)16-10-5-2-8(6-15-10)11(14)17/h2,5-6,9H,3-4,7,13H2,1H3,(H2,14,17)(H,15,16). The largest absolute Gasteiger partial charge is 0.366 e. The van der Waals surface area contributed by atoms with E-state index in [1.807, 2.05) is 0 Å². The molecule has 1 aliphatic rings. The third kappa shape index (κ3) is 2.55. The maximum Gasteiger partial charge on any atom is 0.250 e. The van der Waals surface area contributed by atoms with Crippen molar-refractivity contribution in [2.45, 2.75) is 25.3 Å². The highest BCUT2D eigenvalue weighted by Crippen LogP contribution is 2.40. The fourth-order valence-electron chi connectivity index (χ4n) is 1.95. The number of rotatable bonds is 5. The van der Waals surface area contributed by atoms with Gasteiger partial charge in [-0.2, -0.15) is 0 Å². The lowest BCUT2D eigenvalue weighted by molar-refractivity contribution is 0.1000. The Labute approximate surface area is 101 Å². The number of amides is 1. The fraction of sp³-hybridized carbons (Fsp3) is 0.500. The van der Waals surface area contributed by atoms with E-state index < -0.39 is 5.91 Å². The van der Waals surface area contributed by atoms with Crippen LogP contribution in [0.3, 0.4) is 0 Å². The number of primary amides is 1. The molecule has 17 heavy (non-hydrogen) atoms. The lowest BCUT2D eigenvalue weighted by atomic mass is 9.96. The van der Waals surface area contributed by atoms with E-state index in [2.05, 4.69) is 17.2 Å². The number of nitrogens with one attached hydrogen (secondary N) is 1. The van der Waals surface area contributed by atoms with Gasteiger partial charge in [0, 0.05) is 12.7 Å². The zero-order chi connectivity index (χ0) is 12.5. The number of aromatic nitrogens is 1. The number of pyridine rings is 1. The Kier molecular flexibility index (Phi) is 3.02. The Balaban J connectivity index is 2.10. The Morgan fingerprint density at radius 1 is 1.59 bits per heavy atom. The van der Waals surface area contributed by atoms with Crippen molar-refractivity contribution in [3.63, 3.8) is 0 Å². The first-order chi connectivity index (χ1) is 8.05. The third-order valence-electron chi connectivity index (χ3n) is 3.36. The molecule has 5 heteroatoms. The molecule has 92 valence electrons. The first-order valence-corrected chi connectivity index (χ1v) is 5.79. The van der Waals surface area contributed by atoms with Crippen molar-refractivity contribution >= 4 is 11.7 Å². The summed E-state index contributed by atoms with van der Waals surface area (Å²) in [6.45, 7) is 2.67. The van der Waals surface area contributed by atoms with E-state index in [4.69, 9.17) is 11.5 Å². The average molecular weight is 234 g/mol. The molecule has 1 aliphatic carbocycles. The summed E-state index contributed by atoms with van der Waals surface area (Å²) in [6, 6.07) is 3.43. The number of carbonyl (C=O) groups is 1. The van der Waals surface area contributed by atoms with Crippen molar-refractivity contribution in [1.82, 2.24) is 4.98 Å². The van der Waals surface area contributed by atoms with E-state index in [0.717, 1.165) is 5.82 Å². The van der Waals surface area contributed by atoms with Crippen LogP contribution >= 0.6 is 0 Å². The van der Waals surface area contributed by atoms with Crippen LogP contribution in [0.1, 0.15) is 30.1 Å². The molecule has 0 aliphatic heterocycles. The van der Waals surface area contributed by atoms with Gasteiger partial charge in [-0.05, 0) is 37.8 Å². The molecule has 1 amide bonds. The van der Waals surface area contributed by atoms with Gasteiger partial charge in [-0.1, -0.05) is 0 Å². The molecule has 0 aromatic carbocycles. The van der Waals surface area contributed by atoms with Crippen molar-refractivity contribution in [2.24, 2.45) is 17.4 Å². The second-order valence-electron chi connectivity index (χ2n) is 4.82. The molecule has 0 bridgehead atoms. The van der Waals surface area contributed by atoms with Crippen LogP contribution in [0.4, 0.5) is 5.82 Å². The molecule has 1 aromatic rings. The molecule has 1 fully saturated rings. The minimum Gasteiger partial charge on any atom is -0.366 e. The van der Waals surface area contributed by atoms with Gasteiger partial charge < -0.3 is 16.8 Å². The molecule has 1 aromatic heterocycles. The number of hydrogen-bond donors (Lipinski definition) is 3. The minimum absolute atomic E-state index is 0.110. The van der Waals surface area contributed by atoms with Crippen LogP contribution in [-0.2, 0) is 0 Å². The van der Waals surface area contributed by atoms with Gasteiger partial charge in [0.05, 0.1) is 11.1 Å². The average Bonchev–Trinajstić information content (AvgIpc) is 3.13. The zero-order valence-corrected chi connectivity index (χ0v) is 9.94. The summed E-state index contributed by atoms with van der Waals surface area (Å²) in [7, 11) is 0. The summed E-state index contributed by atoms with van der Waals surface area (Å²) < 4.78 is 0. The van der Waals surface area contributed by atoms with Crippen molar-refractivity contribution < 1.29 is 4.79 Å². The second kappa shape index (κ2) is 4.33. The minimum atomic E-state index is -0.465. The van der Waals surface area contributed by atoms with Crippen molar-refractivity contribution in [3.8, 4) is 0 Å². The summed E-state index contributed by atoms with van der Waals surface area (Å²) in [6.07, 6.45) is 3.90. The Morgan fingerprint density at radius 2 is 2.29 bits per heavy atom. The molecule has 1 heterocycles. The Bertz CT molecular complexity index is 413. The second-order valence-corrected chi connectivity index (χ2v) is 4.82. The number of carbonyl (C=O) groups excluding carboxylic acids is 1. The molecule has 5 nitrogen and oxygen atoms in total. The quantitative estimate of drug-likeness (QED) is 0.699. The highest BCUT2D eigenvalue weighted by Gasteiger charge is 2.40. The SMILES string of the molecule is CC(CN)(Nc1ccc(C(N)=O)cn1)C1CC1. The molecule has 1 atom stereocenters. The van der Waals surface area contributed by atoms with Gasteiger partial charge in [-0.3, -0.25) is 4.79 Å². The molecule has 2 rings (SSSR count). The monoisotopic (exact) mass is 234 g/mol. The van der Waals surface area contributed by atoms with Crippen LogP contribution in [0.5, 0.6) is 0 Å². The lowest BCUT2D eigenvalue weighted by Gasteiger charge is -2.30. The maximum absolute atomic E-state index is 10.9. The van der Waals surface area contributed by atoms with Gasteiger partial charge >= 0.3 is 0 Å². The normalized spacial score (nSPS) is 18.5. The summed E-state index contributed by atoms with van der Waals surface area (Å²) in [5, 5.41) is 3.34. The molecule has 5 N–H and O–H groups in total. The van der Waals surface area contributed by atoms with Crippen molar-refractivity contribution in [2.75, 3.05) is 11.9 Å². The number of hydrogen-bond acceptors (Lipinski definition) is 4. The van der Waals surface area contributed by atoms with Gasteiger partial charge in [-0.25, -0.2) is 4.98 Å². The Morgan fingerprint density at radius 3 is 2.71 bits per heavy atom. The van der Waals surface area contributed by atoms with Crippen molar-refractivity contribution in [3.05, 3.63) is 23.9 Å². The van der Waals surface area contributed by atoms with Gasteiger partial charge in [0.1, 0.15) is 5.82 Å². The summed E-state index contributed by atoms with van der Waals surface area (Å²) in [4.78, 5) is 15.1. The summed E-state index contributed by atoms with van der Waals surface area (Å²) >= 11 is 0. The van der Waals surface area contributed by atoms with E-state index >= 15 is 0 Å². The van der Waals surface area contributed by atoms with Gasteiger partial charge in [0.25, 0.3) is 0 Å². The molecule has 0 saturated heterocycles. The van der Waals surface area contributed by atoms with Gasteiger partial charge in [0.15, 0.2) is 0 Å². The lowest BCUT2D eigenvalue weighted by Crippen LogP contribution is -2.44. The van der Waals surface area contributed by atoms with Crippen LogP contribution in [-0.4, -0.2) is 23.0 Å². The van der Waals surface area contributed by atoms with Crippen LogP contribution in [0.15, 0.2) is 18.3 Å². The van der Waals surface area contributed by atoms with Gasteiger partial charge in [0.2, 0.25) is 5.91 Å². The van der Waals surface area contributed by atoms with Gasteiger partial charge in [-0.15, -0.1) is 0 Å². The topological polar surface area (TPSA) is 94.0 Å². The molecule has 0 radical (unpaired) electrons. The molecule has 1 saturated carbocycles. The van der Waals surface area contributed by atoms with Crippen LogP contribution < -0.4 is 16.8 Å². The molecular weight excluding hydrogens is 216 g/mol. The van der Waals surface area contributed by atoms with E-state index in [0.29, 0.717) is 18.0 Å². The number of nitrogens with two attached hydrogens (primary N) is 2. The molecule has 1 unspecified atom stereocenters. The zero-order valence-electron chi connectivity index (χ0n) is 9.94. The highest BCUT2D eigenvalue weighted by atomic mass is 16.1. The number of anilines is 1. The van der Waals surface area contributed by atoms with E-state index in [1.54, 1.807) is 12.1 Å². The Hall–Kier alpha value is -1.62. The predicted molar refractivity (Wildman–Crippen MR) is 66.6 cm³/mol. The van der Waals surface area contributed by atoms with Crippen molar-refractivity contribution in [1.29, 1.82) is 0 Å². The predicted octanol–water partition coefficient (Wildman–Crippen LogP) is 0.720. The summed E-state index contributed by atoms with van der Waals surface area (Å²) in [5.41, 5.74) is 11.3. The van der Waals surface area contributed by atoms with E-state index in [-0.39, 0.29) is 5.54 Å². The van der Waals surface area contributed by atoms with Crippen LogP contribution in [0, 0.1) is 5.92 Å². The van der Waals surface area contributed by atoms with E-state index in [1.165, 1.54) is 19.0 Å². The third-order valence-corrected chi connectivity index (χ3v) is 3.36. The smallest absolute Gasteiger partial charge is 0.250 e. The first kappa shape index (κ1) is 11.9.